The molecule has 1 aromatic carbocycles. The molecule has 19 heavy (non-hydrogen) atoms. The lowest BCUT2D eigenvalue weighted by molar-refractivity contribution is -0.114. The fraction of sp³-hybridized carbons (Fsp3) is 0.154. The number of carbonyl (C=O) groups is 2. The minimum absolute atomic E-state index is 0.171. The van der Waals surface area contributed by atoms with Crippen LogP contribution in [0.3, 0.4) is 0 Å². The summed E-state index contributed by atoms with van der Waals surface area (Å²) >= 11 is 0. The van der Waals surface area contributed by atoms with Crippen molar-refractivity contribution in [2.24, 2.45) is 0 Å². The van der Waals surface area contributed by atoms with E-state index in [9.17, 15) is 9.59 Å². The number of Topliss-reactive ketones (excluding diaryl/α,β-unsaturated/α-hetero) is 1. The number of amides is 1. The van der Waals surface area contributed by atoms with Crippen LogP contribution in [0.5, 0.6) is 5.75 Å². The van der Waals surface area contributed by atoms with Gasteiger partial charge in [-0.15, -0.1) is 0 Å². The molecule has 2 aromatic rings. The Morgan fingerprint density at radius 1 is 1.32 bits per heavy atom. The quantitative estimate of drug-likeness (QED) is 0.778. The molecule has 1 aromatic heterocycles. The second kappa shape index (κ2) is 4.24. The maximum atomic E-state index is 12.0. The molecule has 0 atom stereocenters. The summed E-state index contributed by atoms with van der Waals surface area (Å²) in [7, 11) is 1.53. The van der Waals surface area contributed by atoms with Gasteiger partial charge in [0.2, 0.25) is 0 Å². The van der Waals surface area contributed by atoms with Gasteiger partial charge in [0, 0.05) is 12.1 Å². The highest BCUT2D eigenvalue weighted by Crippen LogP contribution is 2.33. The predicted octanol–water partition coefficient (Wildman–Crippen LogP) is 1.41. The Hall–Kier alpha value is -2.63. The molecule has 1 amide bonds. The van der Waals surface area contributed by atoms with E-state index >= 15 is 0 Å². The molecule has 3 rings (SSSR count). The Morgan fingerprint density at radius 2 is 2.16 bits per heavy atom. The van der Waals surface area contributed by atoms with E-state index in [0.29, 0.717) is 22.8 Å². The Balaban J connectivity index is 2.02. The third-order valence-electron chi connectivity index (χ3n) is 2.98. The number of fused-ring (bicyclic) bond motifs is 1. The van der Waals surface area contributed by atoms with Crippen molar-refractivity contribution in [3.05, 3.63) is 41.8 Å². The van der Waals surface area contributed by atoms with Gasteiger partial charge in [0.05, 0.1) is 31.1 Å². The first-order valence-corrected chi connectivity index (χ1v) is 5.64. The maximum absolute atomic E-state index is 12.0. The maximum Gasteiger partial charge on any atom is 0.299 e. The third-order valence-corrected chi connectivity index (χ3v) is 2.98. The molecule has 0 fully saturated rings. The van der Waals surface area contributed by atoms with Crippen LogP contribution in [0.15, 0.2) is 35.0 Å². The summed E-state index contributed by atoms with van der Waals surface area (Å²) in [5, 5.41) is 3.58. The number of nitrogens with zero attached hydrogens (tertiary/aromatic N) is 2. The van der Waals surface area contributed by atoms with Gasteiger partial charge in [0.25, 0.3) is 11.7 Å². The minimum atomic E-state index is -0.570. The van der Waals surface area contributed by atoms with Crippen molar-refractivity contribution in [3.8, 4) is 5.75 Å². The van der Waals surface area contributed by atoms with Crippen molar-refractivity contribution in [1.29, 1.82) is 0 Å². The predicted molar refractivity (Wildman–Crippen MR) is 65.0 cm³/mol. The number of ether oxygens (including phenoxy) is 1. The van der Waals surface area contributed by atoms with Gasteiger partial charge in [-0.3, -0.25) is 14.5 Å². The highest BCUT2D eigenvalue weighted by Gasteiger charge is 2.36. The van der Waals surface area contributed by atoms with E-state index in [4.69, 9.17) is 9.26 Å². The monoisotopic (exact) mass is 258 g/mol. The fourth-order valence-corrected chi connectivity index (χ4v) is 2.04. The van der Waals surface area contributed by atoms with Gasteiger partial charge in [0.1, 0.15) is 5.75 Å². The van der Waals surface area contributed by atoms with Gasteiger partial charge in [-0.2, -0.15) is 0 Å². The normalized spacial score (nSPS) is 13.8. The largest absolute Gasteiger partial charge is 0.497 e. The summed E-state index contributed by atoms with van der Waals surface area (Å²) in [5.41, 5.74) is 0.913. The number of anilines is 1. The van der Waals surface area contributed by atoms with Crippen LogP contribution >= 0.6 is 0 Å². The summed E-state index contributed by atoms with van der Waals surface area (Å²) in [5.74, 6) is 0.0115. The second-order valence-corrected chi connectivity index (χ2v) is 4.08. The number of benzene rings is 1. The Kier molecular flexibility index (Phi) is 2.56. The average Bonchev–Trinajstić information content (AvgIpc) is 3.02. The molecule has 1 aliphatic heterocycles. The number of hydrogen-bond acceptors (Lipinski definition) is 5. The molecule has 0 spiro atoms. The molecule has 1 aliphatic rings. The number of carbonyl (C=O) groups excluding carboxylic acids is 2. The summed E-state index contributed by atoms with van der Waals surface area (Å²) in [6, 6.07) is 6.56. The average molecular weight is 258 g/mol. The highest BCUT2D eigenvalue weighted by molar-refractivity contribution is 6.52. The molecule has 2 heterocycles. The Morgan fingerprint density at radius 3 is 2.84 bits per heavy atom. The number of rotatable bonds is 3. The molecule has 0 unspecified atom stereocenters. The summed E-state index contributed by atoms with van der Waals surface area (Å²) in [4.78, 5) is 25.2. The standard InChI is InChI=1S/C13H10N2O4/c1-18-8-2-3-10-11(6-8)15(13(17)12(10)16)7-9-4-5-14-19-9/h2-6H,7H2,1H3. The van der Waals surface area contributed by atoms with Crippen LogP contribution in [-0.2, 0) is 11.3 Å². The van der Waals surface area contributed by atoms with E-state index in [2.05, 4.69) is 5.16 Å². The van der Waals surface area contributed by atoms with Crippen molar-refractivity contribution >= 4 is 17.4 Å². The molecule has 0 bridgehead atoms. The summed E-state index contributed by atoms with van der Waals surface area (Å²) in [6.45, 7) is 0.171. The lowest BCUT2D eigenvalue weighted by atomic mass is 10.1. The van der Waals surface area contributed by atoms with Crippen LogP contribution in [0.1, 0.15) is 16.1 Å². The Bertz CT molecular complexity index is 649. The van der Waals surface area contributed by atoms with Gasteiger partial charge in [0.15, 0.2) is 5.76 Å². The van der Waals surface area contributed by atoms with Gasteiger partial charge >= 0.3 is 0 Å². The summed E-state index contributed by atoms with van der Waals surface area (Å²) in [6.07, 6.45) is 1.49. The molecule has 6 nitrogen and oxygen atoms in total. The van der Waals surface area contributed by atoms with E-state index in [1.807, 2.05) is 0 Å². The van der Waals surface area contributed by atoms with Crippen LogP contribution in [0, 0.1) is 0 Å². The fourth-order valence-electron chi connectivity index (χ4n) is 2.04. The van der Waals surface area contributed by atoms with E-state index in [-0.39, 0.29) is 6.54 Å². The van der Waals surface area contributed by atoms with Crippen LogP contribution in [0.4, 0.5) is 5.69 Å². The number of ketones is 1. The molecule has 0 aliphatic carbocycles. The number of methoxy groups -OCH3 is 1. The topological polar surface area (TPSA) is 72.6 Å². The Labute approximate surface area is 108 Å². The number of hydrogen-bond donors (Lipinski definition) is 0. The van der Waals surface area contributed by atoms with Gasteiger partial charge < -0.3 is 9.26 Å². The lowest BCUT2D eigenvalue weighted by Crippen LogP contribution is -2.28. The highest BCUT2D eigenvalue weighted by atomic mass is 16.5. The van der Waals surface area contributed by atoms with E-state index < -0.39 is 11.7 Å². The van der Waals surface area contributed by atoms with Crippen LogP contribution in [-0.4, -0.2) is 24.0 Å². The van der Waals surface area contributed by atoms with Crippen LogP contribution in [0.25, 0.3) is 0 Å². The lowest BCUT2D eigenvalue weighted by Gasteiger charge is -2.14. The molecule has 0 saturated carbocycles. The van der Waals surface area contributed by atoms with Gasteiger partial charge in [-0.25, -0.2) is 0 Å². The summed E-state index contributed by atoms with van der Waals surface area (Å²) < 4.78 is 10.1. The molecular formula is C13H10N2O4. The first-order chi connectivity index (χ1) is 9.20. The van der Waals surface area contributed by atoms with Gasteiger partial charge in [-0.05, 0) is 12.1 Å². The molecule has 96 valence electrons. The SMILES string of the molecule is COc1ccc2c(c1)N(Cc1ccno1)C(=O)C2=O. The molecule has 0 radical (unpaired) electrons. The smallest absolute Gasteiger partial charge is 0.299 e. The zero-order valence-electron chi connectivity index (χ0n) is 10.1. The first-order valence-electron chi connectivity index (χ1n) is 5.64. The van der Waals surface area contributed by atoms with Crippen molar-refractivity contribution in [1.82, 2.24) is 5.16 Å². The molecule has 6 heteroatoms. The third kappa shape index (κ3) is 1.77. The van der Waals surface area contributed by atoms with Crippen molar-refractivity contribution in [3.63, 3.8) is 0 Å². The van der Waals surface area contributed by atoms with Crippen LogP contribution < -0.4 is 9.64 Å². The van der Waals surface area contributed by atoms with E-state index in [1.165, 1.54) is 18.2 Å². The zero-order chi connectivity index (χ0) is 13.4. The zero-order valence-corrected chi connectivity index (χ0v) is 10.1. The van der Waals surface area contributed by atoms with Crippen molar-refractivity contribution in [2.75, 3.05) is 12.0 Å². The first kappa shape index (κ1) is 11.5. The van der Waals surface area contributed by atoms with Crippen LogP contribution in [0.2, 0.25) is 0 Å². The van der Waals surface area contributed by atoms with E-state index in [1.54, 1.807) is 24.3 Å². The van der Waals surface area contributed by atoms with Gasteiger partial charge in [-0.1, -0.05) is 5.16 Å². The number of aromatic nitrogens is 1. The van der Waals surface area contributed by atoms with E-state index in [0.717, 1.165) is 0 Å². The van der Waals surface area contributed by atoms with Crippen molar-refractivity contribution in [2.45, 2.75) is 6.54 Å². The molecular weight excluding hydrogens is 248 g/mol. The van der Waals surface area contributed by atoms with Crippen molar-refractivity contribution < 1.29 is 18.8 Å². The minimum Gasteiger partial charge on any atom is -0.497 e. The molecule has 0 N–H and O–H groups in total. The second-order valence-electron chi connectivity index (χ2n) is 4.08. The molecule has 0 saturated heterocycles.